The molecule has 3 N–H and O–H groups in total. The second-order valence-electron chi connectivity index (χ2n) is 3.69. The zero-order valence-electron chi connectivity index (χ0n) is 10.2. The van der Waals surface area contributed by atoms with E-state index in [0.29, 0.717) is 18.1 Å². The van der Waals surface area contributed by atoms with Crippen LogP contribution in [-0.4, -0.2) is 22.6 Å². The van der Waals surface area contributed by atoms with Crippen LogP contribution in [0, 0.1) is 0 Å². The minimum Gasteiger partial charge on any atom is -0.330 e. The maximum Gasteiger partial charge on any atom is 0.227 e. The predicted molar refractivity (Wildman–Crippen MR) is 78.2 cm³/mol. The molecular formula is C12H14N4OS2. The number of amides is 1. The van der Waals surface area contributed by atoms with Gasteiger partial charge in [0.05, 0.1) is 5.75 Å². The van der Waals surface area contributed by atoms with Crippen LogP contribution in [0.25, 0.3) is 0 Å². The van der Waals surface area contributed by atoms with E-state index in [1.54, 1.807) is 11.8 Å². The fourth-order valence-electron chi connectivity index (χ4n) is 1.34. The van der Waals surface area contributed by atoms with Gasteiger partial charge in [0, 0.05) is 17.9 Å². The zero-order chi connectivity index (χ0) is 13.5. The highest BCUT2D eigenvalue weighted by molar-refractivity contribution is 7.98. The maximum atomic E-state index is 11.3. The van der Waals surface area contributed by atoms with Crippen molar-refractivity contribution in [3.63, 3.8) is 0 Å². The van der Waals surface area contributed by atoms with E-state index < -0.39 is 0 Å². The Hall–Kier alpha value is -1.44. The first kappa shape index (κ1) is 14.0. The molecule has 1 amide bonds. The Kier molecular flexibility index (Phi) is 5.31. The van der Waals surface area contributed by atoms with E-state index in [4.69, 9.17) is 5.73 Å². The molecule has 0 unspecified atom stereocenters. The summed E-state index contributed by atoms with van der Waals surface area (Å²) in [4.78, 5) is 12.5. The number of nitrogens with zero attached hydrogens (tertiary/aromatic N) is 2. The average molecular weight is 294 g/mol. The third kappa shape index (κ3) is 4.62. The van der Waals surface area contributed by atoms with Gasteiger partial charge in [-0.05, 0) is 12.1 Å². The fraction of sp³-hybridized carbons (Fsp3) is 0.250. The van der Waals surface area contributed by atoms with Crippen LogP contribution in [0.15, 0.2) is 35.2 Å². The van der Waals surface area contributed by atoms with Gasteiger partial charge in [-0.15, -0.1) is 22.0 Å². The molecule has 5 nitrogen and oxygen atoms in total. The van der Waals surface area contributed by atoms with Gasteiger partial charge in [-0.1, -0.05) is 29.5 Å². The van der Waals surface area contributed by atoms with Crippen molar-refractivity contribution < 1.29 is 4.79 Å². The molecule has 1 heterocycles. The first-order valence-electron chi connectivity index (χ1n) is 5.78. The highest BCUT2D eigenvalue weighted by Gasteiger charge is 2.07. The molecule has 1 aromatic carbocycles. The summed E-state index contributed by atoms with van der Waals surface area (Å²) in [5.74, 6) is 0.620. The second-order valence-corrected chi connectivity index (χ2v) is 5.80. The lowest BCUT2D eigenvalue weighted by Crippen LogP contribution is -2.15. The number of nitrogens with one attached hydrogen (secondary N) is 1. The van der Waals surface area contributed by atoms with E-state index in [1.165, 1.54) is 16.2 Å². The van der Waals surface area contributed by atoms with Gasteiger partial charge in [-0.25, -0.2) is 0 Å². The third-order valence-corrected chi connectivity index (χ3v) is 4.23. The Labute approximate surface area is 119 Å². The standard InChI is InChI=1S/C12H14N4OS2/c13-7-6-10(17)14-12-16-15-11(19-12)8-18-9-4-2-1-3-5-9/h1-5H,6-8,13H2,(H,14,16,17). The molecule has 0 radical (unpaired) electrons. The van der Waals surface area contributed by atoms with Crippen molar-refractivity contribution in [2.24, 2.45) is 5.73 Å². The minimum atomic E-state index is -0.124. The summed E-state index contributed by atoms with van der Waals surface area (Å²) in [6, 6.07) is 10.1. The quantitative estimate of drug-likeness (QED) is 0.798. The van der Waals surface area contributed by atoms with Crippen molar-refractivity contribution in [1.29, 1.82) is 0 Å². The lowest BCUT2D eigenvalue weighted by atomic mass is 10.4. The number of hydrogen-bond acceptors (Lipinski definition) is 6. The van der Waals surface area contributed by atoms with E-state index in [1.807, 2.05) is 18.2 Å². The van der Waals surface area contributed by atoms with E-state index in [-0.39, 0.29) is 5.91 Å². The maximum absolute atomic E-state index is 11.3. The normalized spacial score (nSPS) is 10.4. The molecule has 7 heteroatoms. The van der Waals surface area contributed by atoms with Crippen LogP contribution in [0.1, 0.15) is 11.4 Å². The predicted octanol–water partition coefficient (Wildman–Crippen LogP) is 2.12. The Morgan fingerprint density at radius 3 is 2.84 bits per heavy atom. The largest absolute Gasteiger partial charge is 0.330 e. The summed E-state index contributed by atoms with van der Waals surface area (Å²) in [6.45, 7) is 0.335. The van der Waals surface area contributed by atoms with Crippen molar-refractivity contribution in [2.45, 2.75) is 17.1 Å². The van der Waals surface area contributed by atoms with Crippen LogP contribution >= 0.6 is 23.1 Å². The molecule has 0 saturated heterocycles. The molecule has 19 heavy (non-hydrogen) atoms. The van der Waals surface area contributed by atoms with Gasteiger partial charge >= 0.3 is 0 Å². The molecule has 0 aliphatic rings. The molecule has 2 aromatic rings. The van der Waals surface area contributed by atoms with Gasteiger partial charge in [-0.3, -0.25) is 4.79 Å². The van der Waals surface area contributed by atoms with Crippen molar-refractivity contribution in [1.82, 2.24) is 10.2 Å². The lowest BCUT2D eigenvalue weighted by Gasteiger charge is -1.98. The zero-order valence-corrected chi connectivity index (χ0v) is 11.8. The number of nitrogens with two attached hydrogens (primary N) is 1. The molecule has 0 saturated carbocycles. The van der Waals surface area contributed by atoms with Gasteiger partial charge in [0.25, 0.3) is 0 Å². The number of anilines is 1. The van der Waals surface area contributed by atoms with Crippen molar-refractivity contribution in [3.05, 3.63) is 35.3 Å². The van der Waals surface area contributed by atoms with Crippen molar-refractivity contribution in [3.8, 4) is 0 Å². The summed E-state index contributed by atoms with van der Waals surface area (Å²) >= 11 is 3.08. The highest BCUT2D eigenvalue weighted by Crippen LogP contribution is 2.25. The fourth-order valence-corrected chi connectivity index (χ4v) is 3.00. The molecule has 0 aliphatic heterocycles. The number of carbonyl (C=O) groups excluding carboxylic acids is 1. The summed E-state index contributed by atoms with van der Waals surface area (Å²) in [5, 5.41) is 12.1. The van der Waals surface area contributed by atoms with Crippen LogP contribution in [0.2, 0.25) is 0 Å². The number of benzene rings is 1. The average Bonchev–Trinajstić information content (AvgIpc) is 2.85. The van der Waals surface area contributed by atoms with E-state index >= 15 is 0 Å². The van der Waals surface area contributed by atoms with E-state index in [0.717, 1.165) is 10.8 Å². The van der Waals surface area contributed by atoms with Gasteiger partial charge in [0.1, 0.15) is 5.01 Å². The number of hydrogen-bond donors (Lipinski definition) is 2. The Morgan fingerprint density at radius 1 is 1.32 bits per heavy atom. The molecule has 0 aliphatic carbocycles. The van der Waals surface area contributed by atoms with Gasteiger partial charge in [-0.2, -0.15) is 0 Å². The van der Waals surface area contributed by atoms with E-state index in [2.05, 4.69) is 27.6 Å². The summed E-state index contributed by atoms with van der Waals surface area (Å²) in [5.41, 5.74) is 5.30. The molecule has 0 spiro atoms. The van der Waals surface area contributed by atoms with Gasteiger partial charge in [0.15, 0.2) is 0 Å². The third-order valence-electron chi connectivity index (χ3n) is 2.19. The van der Waals surface area contributed by atoms with Crippen molar-refractivity contribution >= 4 is 34.1 Å². The molecular weight excluding hydrogens is 280 g/mol. The van der Waals surface area contributed by atoms with Crippen LogP contribution in [-0.2, 0) is 10.5 Å². The second kappa shape index (κ2) is 7.22. The minimum absolute atomic E-state index is 0.124. The molecule has 0 fully saturated rings. The number of aromatic nitrogens is 2. The molecule has 0 atom stereocenters. The lowest BCUT2D eigenvalue weighted by molar-refractivity contribution is -0.116. The number of thioether (sulfide) groups is 1. The van der Waals surface area contributed by atoms with Crippen LogP contribution < -0.4 is 11.1 Å². The Morgan fingerprint density at radius 2 is 2.11 bits per heavy atom. The highest BCUT2D eigenvalue weighted by atomic mass is 32.2. The SMILES string of the molecule is NCCC(=O)Nc1nnc(CSc2ccccc2)s1. The first-order chi connectivity index (χ1) is 9.28. The van der Waals surface area contributed by atoms with Crippen LogP contribution in [0.4, 0.5) is 5.13 Å². The first-order valence-corrected chi connectivity index (χ1v) is 7.58. The Balaban J connectivity index is 1.85. The van der Waals surface area contributed by atoms with Crippen LogP contribution in [0.3, 0.4) is 0 Å². The molecule has 100 valence electrons. The molecule has 0 bridgehead atoms. The topological polar surface area (TPSA) is 80.9 Å². The summed E-state index contributed by atoms with van der Waals surface area (Å²) in [7, 11) is 0. The molecule has 1 aromatic heterocycles. The summed E-state index contributed by atoms with van der Waals surface area (Å²) < 4.78 is 0. The monoisotopic (exact) mass is 294 g/mol. The molecule has 2 rings (SSSR count). The van der Waals surface area contributed by atoms with Gasteiger partial charge < -0.3 is 11.1 Å². The summed E-state index contributed by atoms with van der Waals surface area (Å²) in [6.07, 6.45) is 0.299. The van der Waals surface area contributed by atoms with Crippen LogP contribution in [0.5, 0.6) is 0 Å². The van der Waals surface area contributed by atoms with Crippen molar-refractivity contribution in [2.75, 3.05) is 11.9 Å². The smallest absolute Gasteiger partial charge is 0.227 e. The number of rotatable bonds is 6. The Bertz CT molecular complexity index is 530. The van der Waals surface area contributed by atoms with Gasteiger partial charge in [0.2, 0.25) is 11.0 Å². The van der Waals surface area contributed by atoms with E-state index in [9.17, 15) is 4.79 Å². The number of carbonyl (C=O) groups is 1.